The Bertz CT molecular complexity index is 923. The zero-order valence-corrected chi connectivity index (χ0v) is 18.1. The maximum absolute atomic E-state index is 13.3. The quantitative estimate of drug-likeness (QED) is 0.631. The Kier molecular flexibility index (Phi) is 6.44. The van der Waals surface area contributed by atoms with Crippen LogP contribution in [0.4, 0.5) is 4.79 Å². The molecule has 2 aromatic carbocycles. The molecule has 1 heterocycles. The van der Waals surface area contributed by atoms with Gasteiger partial charge in [0.2, 0.25) is 0 Å². The highest BCUT2D eigenvalue weighted by atomic mass is 16.5. The molecule has 2 atom stereocenters. The number of amides is 1. The Morgan fingerprint density at radius 3 is 2.35 bits per heavy atom. The number of benzene rings is 2. The average molecular weight is 424 g/mol. The number of ketones is 1. The van der Waals surface area contributed by atoms with E-state index in [1.54, 1.807) is 12.0 Å². The van der Waals surface area contributed by atoms with Crippen LogP contribution < -0.4 is 9.47 Å². The zero-order valence-electron chi connectivity index (χ0n) is 18.1. The number of nitrogens with zero attached hydrogens (tertiary/aromatic N) is 1. The third-order valence-electron chi connectivity index (χ3n) is 6.36. The number of hydrogen-bond acceptors (Lipinski definition) is 5. The minimum atomic E-state index is -0.413. The number of methoxy groups -OCH3 is 2. The summed E-state index contributed by atoms with van der Waals surface area (Å²) in [6, 6.07) is 15.1. The third kappa shape index (κ3) is 4.53. The highest BCUT2D eigenvalue weighted by molar-refractivity contribution is 5.99. The van der Waals surface area contributed by atoms with Crippen molar-refractivity contribution >= 4 is 11.9 Å². The van der Waals surface area contributed by atoms with Crippen molar-refractivity contribution in [3.63, 3.8) is 0 Å². The van der Waals surface area contributed by atoms with E-state index < -0.39 is 6.09 Å². The minimum absolute atomic E-state index is 0.0334. The molecule has 2 aromatic rings. The topological polar surface area (TPSA) is 65.1 Å². The highest BCUT2D eigenvalue weighted by Gasteiger charge is 2.41. The van der Waals surface area contributed by atoms with Crippen LogP contribution in [0.15, 0.2) is 48.5 Å². The predicted octanol–water partition coefficient (Wildman–Crippen LogP) is 4.68. The first-order valence-corrected chi connectivity index (χ1v) is 10.9. The summed E-state index contributed by atoms with van der Waals surface area (Å²) in [6.07, 6.45) is 4.23. The summed E-state index contributed by atoms with van der Waals surface area (Å²) < 4.78 is 16.7. The molecule has 1 saturated carbocycles. The van der Waals surface area contributed by atoms with Gasteiger partial charge in [-0.05, 0) is 43.4 Å². The van der Waals surface area contributed by atoms with Crippen LogP contribution in [0.1, 0.15) is 47.5 Å². The van der Waals surface area contributed by atoms with Gasteiger partial charge in [0.1, 0.15) is 0 Å². The van der Waals surface area contributed by atoms with Gasteiger partial charge in [0.05, 0.1) is 20.3 Å². The van der Waals surface area contributed by atoms with Gasteiger partial charge in [-0.2, -0.15) is 0 Å². The molecule has 1 aliphatic heterocycles. The summed E-state index contributed by atoms with van der Waals surface area (Å²) in [5, 5.41) is 0. The van der Waals surface area contributed by atoms with Crippen LogP contribution in [-0.4, -0.2) is 50.2 Å². The summed E-state index contributed by atoms with van der Waals surface area (Å²) in [5.41, 5.74) is 1.62. The van der Waals surface area contributed by atoms with Crippen molar-refractivity contribution in [1.82, 2.24) is 4.90 Å². The lowest BCUT2D eigenvalue weighted by Gasteiger charge is -2.21. The van der Waals surface area contributed by atoms with Crippen molar-refractivity contribution < 1.29 is 23.8 Å². The fraction of sp³-hybridized carbons (Fsp3) is 0.440. The molecule has 2 unspecified atom stereocenters. The molecular weight excluding hydrogens is 394 g/mol. The molecule has 0 radical (unpaired) electrons. The second-order valence-corrected chi connectivity index (χ2v) is 8.25. The summed E-state index contributed by atoms with van der Waals surface area (Å²) in [4.78, 5) is 27.2. The number of carbonyl (C=O) groups is 2. The van der Waals surface area contributed by atoms with Crippen LogP contribution in [-0.2, 0) is 4.74 Å². The Hall–Kier alpha value is -3.02. The first-order valence-electron chi connectivity index (χ1n) is 10.9. The van der Waals surface area contributed by atoms with Crippen molar-refractivity contribution in [2.24, 2.45) is 5.92 Å². The summed E-state index contributed by atoms with van der Waals surface area (Å²) in [7, 11) is 3.00. The van der Waals surface area contributed by atoms with E-state index in [0.29, 0.717) is 30.2 Å². The van der Waals surface area contributed by atoms with E-state index in [2.05, 4.69) is 0 Å². The van der Waals surface area contributed by atoms with Gasteiger partial charge in [0.15, 0.2) is 17.3 Å². The van der Waals surface area contributed by atoms with Gasteiger partial charge in [-0.1, -0.05) is 36.4 Å². The fourth-order valence-corrected chi connectivity index (χ4v) is 4.70. The Morgan fingerprint density at radius 1 is 0.935 bits per heavy atom. The van der Waals surface area contributed by atoms with E-state index in [4.69, 9.17) is 14.2 Å². The van der Waals surface area contributed by atoms with E-state index in [-0.39, 0.29) is 23.7 Å². The molecule has 6 heteroatoms. The second kappa shape index (κ2) is 9.41. The molecule has 0 spiro atoms. The second-order valence-electron chi connectivity index (χ2n) is 8.25. The lowest BCUT2D eigenvalue weighted by atomic mass is 9.83. The number of Topliss-reactive ketones (excluding diaryl/α,β-unsaturated/α-hetero) is 1. The maximum atomic E-state index is 13.3. The van der Waals surface area contributed by atoms with Gasteiger partial charge in [-0.3, -0.25) is 4.79 Å². The molecule has 31 heavy (non-hydrogen) atoms. The van der Waals surface area contributed by atoms with Crippen LogP contribution >= 0.6 is 0 Å². The number of rotatable bonds is 6. The average Bonchev–Trinajstić information content (AvgIpc) is 3.49. The van der Waals surface area contributed by atoms with Crippen molar-refractivity contribution in [2.45, 2.75) is 37.7 Å². The number of hydrogen-bond donors (Lipinski definition) is 0. The van der Waals surface area contributed by atoms with Crippen molar-refractivity contribution in [3.05, 3.63) is 59.7 Å². The largest absolute Gasteiger partial charge is 0.493 e. The van der Waals surface area contributed by atoms with Crippen LogP contribution in [0, 0.1) is 5.92 Å². The van der Waals surface area contributed by atoms with Crippen LogP contribution in [0.25, 0.3) is 0 Å². The zero-order chi connectivity index (χ0) is 21.8. The molecule has 1 amide bonds. The maximum Gasteiger partial charge on any atom is 0.409 e. The number of carbonyl (C=O) groups excluding carboxylic acids is 2. The minimum Gasteiger partial charge on any atom is -0.493 e. The standard InChI is InChI=1S/C25H29NO5/c1-29-22-13-12-18(14-23(22)31-19-10-6-7-11-19)20-15-26(25(28)30-2)16-21(20)24(27)17-8-4-3-5-9-17/h3-5,8-9,12-14,19-21H,6-7,10-11,15-16H2,1-2H3. The lowest BCUT2D eigenvalue weighted by Crippen LogP contribution is -2.29. The molecule has 6 nitrogen and oxygen atoms in total. The van der Waals surface area contributed by atoms with Crippen LogP contribution in [0.5, 0.6) is 11.5 Å². The van der Waals surface area contributed by atoms with Gasteiger partial charge in [-0.25, -0.2) is 4.79 Å². The van der Waals surface area contributed by atoms with Gasteiger partial charge in [0, 0.05) is 30.5 Å². The predicted molar refractivity (Wildman–Crippen MR) is 117 cm³/mol. The SMILES string of the molecule is COC(=O)N1CC(C(=O)c2ccccc2)C(c2ccc(OC)c(OC3CCCC3)c2)C1. The molecular formula is C25H29NO5. The molecule has 0 aromatic heterocycles. The summed E-state index contributed by atoms with van der Waals surface area (Å²) in [6.45, 7) is 0.751. The molecule has 2 aliphatic rings. The van der Waals surface area contributed by atoms with Crippen LogP contribution in [0.3, 0.4) is 0 Å². The molecule has 164 valence electrons. The molecule has 1 aliphatic carbocycles. The molecule has 4 rings (SSSR count). The highest BCUT2D eigenvalue weighted by Crippen LogP contribution is 2.40. The first kappa shape index (κ1) is 21.2. The van der Waals surface area contributed by atoms with E-state index in [9.17, 15) is 9.59 Å². The summed E-state index contributed by atoms with van der Waals surface area (Å²) in [5.74, 6) is 0.919. The molecule has 1 saturated heterocycles. The fourth-order valence-electron chi connectivity index (χ4n) is 4.70. The smallest absolute Gasteiger partial charge is 0.409 e. The van der Waals surface area contributed by atoms with Crippen molar-refractivity contribution in [1.29, 1.82) is 0 Å². The number of likely N-dealkylation sites (tertiary alicyclic amines) is 1. The monoisotopic (exact) mass is 423 g/mol. The van der Waals surface area contributed by atoms with E-state index in [1.807, 2.05) is 48.5 Å². The van der Waals surface area contributed by atoms with E-state index in [0.717, 1.165) is 18.4 Å². The van der Waals surface area contributed by atoms with Crippen molar-refractivity contribution in [3.8, 4) is 11.5 Å². The molecule has 0 bridgehead atoms. The Labute approximate surface area is 183 Å². The summed E-state index contributed by atoms with van der Waals surface area (Å²) >= 11 is 0. The Balaban J connectivity index is 1.65. The lowest BCUT2D eigenvalue weighted by molar-refractivity contribution is 0.0911. The Morgan fingerprint density at radius 2 is 1.68 bits per heavy atom. The van der Waals surface area contributed by atoms with Gasteiger partial charge in [-0.15, -0.1) is 0 Å². The van der Waals surface area contributed by atoms with E-state index >= 15 is 0 Å². The van der Waals surface area contributed by atoms with Crippen molar-refractivity contribution in [2.75, 3.05) is 27.3 Å². The van der Waals surface area contributed by atoms with E-state index in [1.165, 1.54) is 20.0 Å². The normalized spacial score (nSPS) is 21.2. The first-order chi connectivity index (χ1) is 15.1. The molecule has 0 N–H and O–H groups in total. The van der Waals surface area contributed by atoms with Crippen LogP contribution in [0.2, 0.25) is 0 Å². The number of ether oxygens (including phenoxy) is 3. The van der Waals surface area contributed by atoms with Gasteiger partial charge in [0.25, 0.3) is 0 Å². The van der Waals surface area contributed by atoms with Gasteiger partial charge < -0.3 is 19.1 Å². The molecule has 2 fully saturated rings. The third-order valence-corrected chi connectivity index (χ3v) is 6.36. The van der Waals surface area contributed by atoms with Gasteiger partial charge >= 0.3 is 6.09 Å².